The van der Waals surface area contributed by atoms with Gasteiger partial charge >= 0.3 is 0 Å². The molecular formula is C11H9BrN2O. The van der Waals surface area contributed by atoms with Crippen LogP contribution in [0, 0.1) is 6.92 Å². The van der Waals surface area contributed by atoms with Gasteiger partial charge in [0.1, 0.15) is 5.75 Å². The lowest BCUT2D eigenvalue weighted by atomic mass is 10.2. The minimum absolute atomic E-state index is 0.488. The molecule has 0 radical (unpaired) electrons. The topological polar surface area (TPSA) is 35.0 Å². The van der Waals surface area contributed by atoms with Gasteiger partial charge in [-0.15, -0.1) is 5.10 Å². The molecule has 0 aliphatic heterocycles. The van der Waals surface area contributed by atoms with E-state index in [2.05, 4.69) is 26.1 Å². The van der Waals surface area contributed by atoms with Gasteiger partial charge < -0.3 is 4.74 Å². The maximum Gasteiger partial charge on any atom is 0.238 e. The Morgan fingerprint density at radius 2 is 2.13 bits per heavy atom. The maximum absolute atomic E-state index is 5.54. The van der Waals surface area contributed by atoms with E-state index in [1.807, 2.05) is 25.1 Å². The Morgan fingerprint density at radius 1 is 1.27 bits per heavy atom. The van der Waals surface area contributed by atoms with Crippen molar-refractivity contribution in [1.29, 1.82) is 0 Å². The molecule has 1 heterocycles. The number of hydrogen-bond acceptors (Lipinski definition) is 3. The van der Waals surface area contributed by atoms with Gasteiger partial charge in [0.2, 0.25) is 5.88 Å². The fourth-order valence-corrected chi connectivity index (χ4v) is 1.72. The summed E-state index contributed by atoms with van der Waals surface area (Å²) in [6.45, 7) is 2.02. The molecule has 0 saturated heterocycles. The summed E-state index contributed by atoms with van der Waals surface area (Å²) in [5.41, 5.74) is 1.17. The summed E-state index contributed by atoms with van der Waals surface area (Å²) in [6, 6.07) is 9.42. The number of hydrogen-bond donors (Lipinski definition) is 0. The Labute approximate surface area is 96.2 Å². The number of benzene rings is 1. The van der Waals surface area contributed by atoms with E-state index >= 15 is 0 Å². The van der Waals surface area contributed by atoms with E-state index in [0.29, 0.717) is 5.88 Å². The molecule has 0 saturated carbocycles. The molecule has 0 fully saturated rings. The lowest BCUT2D eigenvalue weighted by Gasteiger charge is -2.06. The first kappa shape index (κ1) is 10.1. The van der Waals surface area contributed by atoms with Gasteiger partial charge in [-0.05, 0) is 46.6 Å². The Kier molecular flexibility index (Phi) is 2.97. The third kappa shape index (κ3) is 2.53. The quantitative estimate of drug-likeness (QED) is 0.835. The number of aromatic nitrogens is 2. The van der Waals surface area contributed by atoms with Gasteiger partial charge in [0.15, 0.2) is 0 Å². The smallest absolute Gasteiger partial charge is 0.238 e. The van der Waals surface area contributed by atoms with Crippen LogP contribution in [0.15, 0.2) is 41.0 Å². The molecule has 15 heavy (non-hydrogen) atoms. The van der Waals surface area contributed by atoms with Gasteiger partial charge in [-0.25, -0.2) is 0 Å². The fourth-order valence-electron chi connectivity index (χ4n) is 1.14. The van der Waals surface area contributed by atoms with Crippen LogP contribution in [0.2, 0.25) is 0 Å². The lowest BCUT2D eigenvalue weighted by molar-refractivity contribution is 0.452. The molecule has 2 aromatic rings. The summed E-state index contributed by atoms with van der Waals surface area (Å²) >= 11 is 3.43. The van der Waals surface area contributed by atoms with Crippen LogP contribution in [-0.2, 0) is 0 Å². The summed E-state index contributed by atoms with van der Waals surface area (Å²) in [5, 5.41) is 7.58. The van der Waals surface area contributed by atoms with Crippen molar-refractivity contribution >= 4 is 15.9 Å². The summed E-state index contributed by atoms with van der Waals surface area (Å²) < 4.78 is 6.45. The molecule has 0 aliphatic carbocycles. The van der Waals surface area contributed by atoms with Crippen molar-refractivity contribution in [3.63, 3.8) is 0 Å². The van der Waals surface area contributed by atoms with Crippen LogP contribution in [-0.4, -0.2) is 10.2 Å². The van der Waals surface area contributed by atoms with Crippen LogP contribution in [0.3, 0.4) is 0 Å². The van der Waals surface area contributed by atoms with Crippen molar-refractivity contribution in [3.8, 4) is 11.6 Å². The van der Waals surface area contributed by atoms with Crippen molar-refractivity contribution < 1.29 is 4.74 Å². The number of nitrogens with zero attached hydrogens (tertiary/aromatic N) is 2. The van der Waals surface area contributed by atoms with Gasteiger partial charge in [-0.2, -0.15) is 5.10 Å². The van der Waals surface area contributed by atoms with Crippen molar-refractivity contribution in [2.45, 2.75) is 6.92 Å². The highest BCUT2D eigenvalue weighted by Gasteiger charge is 2.03. The van der Waals surface area contributed by atoms with Gasteiger partial charge in [0.05, 0.1) is 4.47 Å². The van der Waals surface area contributed by atoms with Crippen LogP contribution >= 0.6 is 15.9 Å². The van der Waals surface area contributed by atoms with E-state index in [-0.39, 0.29) is 0 Å². The molecule has 2 rings (SSSR count). The fraction of sp³-hybridized carbons (Fsp3) is 0.0909. The molecule has 3 nitrogen and oxygen atoms in total. The molecule has 76 valence electrons. The third-order valence-electron chi connectivity index (χ3n) is 1.85. The van der Waals surface area contributed by atoms with Crippen molar-refractivity contribution in [3.05, 3.63) is 46.6 Å². The Hall–Kier alpha value is -1.42. The van der Waals surface area contributed by atoms with Gasteiger partial charge in [-0.3, -0.25) is 0 Å². The first-order valence-electron chi connectivity index (χ1n) is 4.47. The second-order valence-corrected chi connectivity index (χ2v) is 3.95. The summed E-state index contributed by atoms with van der Waals surface area (Å²) in [5.74, 6) is 1.23. The minimum Gasteiger partial charge on any atom is -0.436 e. The number of rotatable bonds is 2. The molecule has 0 atom stereocenters. The number of halogens is 1. The van der Waals surface area contributed by atoms with E-state index in [0.717, 1.165) is 10.2 Å². The molecular weight excluding hydrogens is 256 g/mol. The second-order valence-electron chi connectivity index (χ2n) is 3.10. The lowest BCUT2D eigenvalue weighted by Crippen LogP contribution is -1.90. The Morgan fingerprint density at radius 3 is 2.80 bits per heavy atom. The van der Waals surface area contributed by atoms with Crippen molar-refractivity contribution in [1.82, 2.24) is 10.2 Å². The highest BCUT2D eigenvalue weighted by atomic mass is 79.9. The highest BCUT2D eigenvalue weighted by molar-refractivity contribution is 9.10. The molecule has 0 spiro atoms. The molecule has 0 N–H and O–H groups in total. The van der Waals surface area contributed by atoms with Crippen LogP contribution in [0.4, 0.5) is 0 Å². The molecule has 1 aromatic heterocycles. The van der Waals surface area contributed by atoms with Gasteiger partial charge in [0, 0.05) is 12.3 Å². The summed E-state index contributed by atoms with van der Waals surface area (Å²) in [4.78, 5) is 0. The SMILES string of the molecule is Cc1ccc(Oc2cccnn2)c(Br)c1. The molecule has 1 aromatic carbocycles. The zero-order valence-electron chi connectivity index (χ0n) is 8.14. The van der Waals surface area contributed by atoms with E-state index in [1.165, 1.54) is 5.56 Å². The molecule has 4 heteroatoms. The van der Waals surface area contributed by atoms with Gasteiger partial charge in [0.25, 0.3) is 0 Å². The normalized spacial score (nSPS) is 10.0. The molecule has 0 unspecified atom stereocenters. The van der Waals surface area contributed by atoms with Crippen molar-refractivity contribution in [2.24, 2.45) is 0 Å². The van der Waals surface area contributed by atoms with Crippen LogP contribution < -0.4 is 4.74 Å². The summed E-state index contributed by atoms with van der Waals surface area (Å²) in [7, 11) is 0. The summed E-state index contributed by atoms with van der Waals surface area (Å²) in [6.07, 6.45) is 1.61. The Bertz CT molecular complexity index is 459. The number of aryl methyl sites for hydroxylation is 1. The zero-order valence-corrected chi connectivity index (χ0v) is 9.73. The van der Waals surface area contributed by atoms with Gasteiger partial charge in [-0.1, -0.05) is 6.07 Å². The highest BCUT2D eigenvalue weighted by Crippen LogP contribution is 2.28. The average Bonchev–Trinajstić information content (AvgIpc) is 2.24. The van der Waals surface area contributed by atoms with Crippen LogP contribution in [0.25, 0.3) is 0 Å². The number of ether oxygens (including phenoxy) is 1. The predicted molar refractivity (Wildman–Crippen MR) is 61.0 cm³/mol. The van der Waals surface area contributed by atoms with Crippen molar-refractivity contribution in [2.75, 3.05) is 0 Å². The Balaban J connectivity index is 2.25. The van der Waals surface area contributed by atoms with E-state index in [4.69, 9.17) is 4.74 Å². The predicted octanol–water partition coefficient (Wildman–Crippen LogP) is 3.34. The maximum atomic E-state index is 5.54. The van der Waals surface area contributed by atoms with E-state index in [9.17, 15) is 0 Å². The molecule has 0 amide bonds. The monoisotopic (exact) mass is 264 g/mol. The molecule has 0 aliphatic rings. The first-order valence-corrected chi connectivity index (χ1v) is 5.27. The average molecular weight is 265 g/mol. The first-order chi connectivity index (χ1) is 7.25. The van der Waals surface area contributed by atoms with E-state index < -0.39 is 0 Å². The standard InChI is InChI=1S/C11H9BrN2O/c1-8-4-5-10(9(12)7-8)15-11-3-2-6-13-14-11/h2-7H,1H3. The zero-order chi connectivity index (χ0) is 10.7. The van der Waals surface area contributed by atoms with E-state index in [1.54, 1.807) is 18.3 Å². The molecule has 0 bridgehead atoms. The van der Waals surface area contributed by atoms with Crippen LogP contribution in [0.1, 0.15) is 5.56 Å². The minimum atomic E-state index is 0.488. The third-order valence-corrected chi connectivity index (χ3v) is 2.47. The largest absolute Gasteiger partial charge is 0.436 e. The second kappa shape index (κ2) is 4.40. The van der Waals surface area contributed by atoms with Crippen LogP contribution in [0.5, 0.6) is 11.6 Å².